The lowest BCUT2D eigenvalue weighted by Crippen LogP contribution is -2.69. The topological polar surface area (TPSA) is 166 Å². The van der Waals surface area contributed by atoms with Crippen LogP contribution < -0.4 is 21.7 Å². The molecule has 0 radical (unpaired) electrons. The van der Waals surface area contributed by atoms with Crippen LogP contribution in [-0.4, -0.2) is 51.6 Å². The smallest absolute Gasteiger partial charge is 0.452 e. The molecule has 0 amide bonds. The van der Waals surface area contributed by atoms with E-state index < -0.39 is 48.3 Å². The zero-order chi connectivity index (χ0) is 18.9. The summed E-state index contributed by atoms with van der Waals surface area (Å²) in [5, 5.41) is 20.4. The number of aromatic nitrogens is 2. The van der Waals surface area contributed by atoms with E-state index in [1.807, 2.05) is 13.8 Å². The van der Waals surface area contributed by atoms with Gasteiger partial charge in [0.1, 0.15) is 12.3 Å². The van der Waals surface area contributed by atoms with Crippen LogP contribution >= 0.6 is 0 Å². The van der Waals surface area contributed by atoms with Crippen molar-refractivity contribution >= 4 is 11.8 Å². The number of nitrogens with one attached hydrogen (secondary N) is 1. The van der Waals surface area contributed by atoms with E-state index in [1.54, 1.807) is 0 Å². The summed E-state index contributed by atoms with van der Waals surface area (Å²) in [7, 11) is 0. The minimum atomic E-state index is -1.76. The molecule has 25 heavy (non-hydrogen) atoms. The predicted octanol–water partition coefficient (Wildman–Crippen LogP) is -2.94. The number of anilines is 1. The van der Waals surface area contributed by atoms with Gasteiger partial charge in [0.25, 0.3) is 0 Å². The Kier molecular flexibility index (Phi) is 5.47. The maximum atomic E-state index is 12.2. The molecular formula is C15H26N4O6+2. The van der Waals surface area contributed by atoms with Crippen LogP contribution in [0.4, 0.5) is 5.82 Å². The first kappa shape index (κ1) is 19.3. The number of aliphatic hydroxyl groups is 2. The number of carbonyl (C=O) groups is 1. The van der Waals surface area contributed by atoms with Crippen LogP contribution in [0.1, 0.15) is 27.0 Å². The number of ether oxygens (including phenoxy) is 2. The van der Waals surface area contributed by atoms with Crippen molar-refractivity contribution in [3.8, 4) is 0 Å². The Morgan fingerprint density at radius 1 is 1.60 bits per heavy atom. The fraction of sp³-hybridized carbons (Fsp3) is 0.667. The second kappa shape index (κ2) is 7.08. The number of nitrogens with zero attached hydrogens (tertiary/aromatic N) is 1. The van der Waals surface area contributed by atoms with Crippen molar-refractivity contribution in [3.05, 3.63) is 22.7 Å². The van der Waals surface area contributed by atoms with E-state index in [4.69, 9.17) is 15.2 Å². The second-order valence-corrected chi connectivity index (χ2v) is 6.75. The third-order valence-electron chi connectivity index (χ3n) is 4.40. The summed E-state index contributed by atoms with van der Waals surface area (Å²) in [5.74, 6) is -0.519. The van der Waals surface area contributed by atoms with E-state index in [9.17, 15) is 19.8 Å². The van der Waals surface area contributed by atoms with Gasteiger partial charge in [0.15, 0.2) is 23.6 Å². The summed E-state index contributed by atoms with van der Waals surface area (Å²) < 4.78 is 12.1. The number of hydrogen-bond acceptors (Lipinski definition) is 7. The van der Waals surface area contributed by atoms with E-state index in [-0.39, 0.29) is 11.7 Å². The monoisotopic (exact) mass is 358 g/mol. The highest BCUT2D eigenvalue weighted by molar-refractivity contribution is 5.74. The molecule has 0 aliphatic carbocycles. The average molecular weight is 358 g/mol. The van der Waals surface area contributed by atoms with Crippen LogP contribution in [0.25, 0.3) is 0 Å². The Labute approximate surface area is 144 Å². The van der Waals surface area contributed by atoms with Crippen LogP contribution in [0.5, 0.6) is 0 Å². The van der Waals surface area contributed by atoms with Gasteiger partial charge in [-0.15, -0.1) is 0 Å². The minimum Gasteiger partial charge on any atom is -0.452 e. The molecule has 1 aliphatic rings. The van der Waals surface area contributed by atoms with E-state index in [2.05, 4.69) is 10.7 Å². The molecule has 5 atom stereocenters. The van der Waals surface area contributed by atoms with Crippen LogP contribution in [-0.2, 0) is 14.3 Å². The number of esters is 1. The molecule has 2 rings (SSSR count). The van der Waals surface area contributed by atoms with E-state index in [0.717, 1.165) is 4.57 Å². The molecule has 0 aromatic carbocycles. The molecule has 1 aliphatic heterocycles. The van der Waals surface area contributed by atoms with Crippen molar-refractivity contribution < 1.29 is 34.8 Å². The van der Waals surface area contributed by atoms with Crippen LogP contribution in [0, 0.1) is 5.92 Å². The Bertz CT molecular complexity index is 689. The molecule has 0 spiro atoms. The Morgan fingerprint density at radius 2 is 2.24 bits per heavy atom. The standard InChI is InChI=1S/C15H24N4O6/c1-7(2)10(17)12(21)25-11-8(6-20)24-13(15(11,3)23)19-5-4-9(16)18-14(19)22/h4-5,7-8,10-11,13,20,23H,6,17H2,1-3H3,(H2,16,18,22)/p+2/t8-,10?,11+,13-,15?/m1/s1. The molecular weight excluding hydrogens is 332 g/mol. The number of carbonyl (C=O) groups excluding carboxylic acids is 1. The minimum absolute atomic E-state index is 0.0579. The van der Waals surface area contributed by atoms with Crippen molar-refractivity contribution in [1.82, 2.24) is 4.98 Å². The highest BCUT2D eigenvalue weighted by Gasteiger charge is 2.59. The molecule has 1 aromatic rings. The molecule has 1 saturated heterocycles. The van der Waals surface area contributed by atoms with Gasteiger partial charge in [-0.25, -0.2) is 4.79 Å². The second-order valence-electron chi connectivity index (χ2n) is 6.75. The van der Waals surface area contributed by atoms with Crippen molar-refractivity contribution in [1.29, 1.82) is 0 Å². The Balaban J connectivity index is 2.32. The molecule has 2 unspecified atom stereocenters. The van der Waals surface area contributed by atoms with Gasteiger partial charge in [-0.2, -0.15) is 14.3 Å². The summed E-state index contributed by atoms with van der Waals surface area (Å²) in [6.45, 7) is 4.51. The number of aromatic amines is 1. The fourth-order valence-corrected chi connectivity index (χ4v) is 2.70. The van der Waals surface area contributed by atoms with Gasteiger partial charge in [0, 0.05) is 12.0 Å². The highest BCUT2D eigenvalue weighted by Crippen LogP contribution is 2.36. The summed E-state index contributed by atoms with van der Waals surface area (Å²) >= 11 is 0. The van der Waals surface area contributed by atoms with Gasteiger partial charge < -0.3 is 31.2 Å². The van der Waals surface area contributed by atoms with E-state index >= 15 is 0 Å². The molecule has 2 heterocycles. The summed E-state index contributed by atoms with van der Waals surface area (Å²) in [6.07, 6.45) is -1.98. The summed E-state index contributed by atoms with van der Waals surface area (Å²) in [5.41, 5.74) is 6.90. The first-order valence-corrected chi connectivity index (χ1v) is 8.01. The van der Waals surface area contributed by atoms with Gasteiger partial charge in [-0.1, -0.05) is 13.8 Å². The van der Waals surface area contributed by atoms with Crippen LogP contribution in [0.15, 0.2) is 17.1 Å². The summed E-state index contributed by atoms with van der Waals surface area (Å²) in [6, 6.07) is 0.792. The first-order chi connectivity index (χ1) is 11.6. The zero-order valence-corrected chi connectivity index (χ0v) is 14.5. The average Bonchev–Trinajstić information content (AvgIpc) is 2.77. The molecule has 0 saturated carbocycles. The SMILES string of the molecule is CC(C)C([NH3+])C(=O)O[C@H]1[C@@H](CO)O[C@@H]([n+]2ccc(N)[nH]c2=O)C1(C)O. The van der Waals surface area contributed by atoms with Crippen molar-refractivity contribution in [3.63, 3.8) is 0 Å². The molecule has 8 N–H and O–H groups in total. The molecule has 10 heteroatoms. The Hall–Kier alpha value is -2.01. The number of rotatable bonds is 5. The third kappa shape index (κ3) is 3.66. The predicted molar refractivity (Wildman–Crippen MR) is 84.7 cm³/mol. The molecule has 140 valence electrons. The van der Waals surface area contributed by atoms with Crippen molar-refractivity contribution in [2.45, 2.75) is 50.8 Å². The third-order valence-corrected chi connectivity index (χ3v) is 4.40. The lowest BCUT2D eigenvalue weighted by molar-refractivity contribution is -0.786. The highest BCUT2D eigenvalue weighted by atomic mass is 16.6. The maximum absolute atomic E-state index is 12.2. The van der Waals surface area contributed by atoms with Gasteiger partial charge in [0.2, 0.25) is 6.23 Å². The zero-order valence-electron chi connectivity index (χ0n) is 14.5. The molecule has 10 nitrogen and oxygen atoms in total. The molecule has 0 bridgehead atoms. The van der Waals surface area contributed by atoms with Gasteiger partial charge in [-0.05, 0) is 6.92 Å². The number of H-pyrrole nitrogens is 1. The first-order valence-electron chi connectivity index (χ1n) is 8.01. The van der Waals surface area contributed by atoms with E-state index in [0.29, 0.717) is 0 Å². The van der Waals surface area contributed by atoms with Gasteiger partial charge in [0.05, 0.1) is 6.61 Å². The van der Waals surface area contributed by atoms with Crippen LogP contribution in [0.3, 0.4) is 0 Å². The number of aliphatic hydroxyl groups excluding tert-OH is 1. The maximum Gasteiger partial charge on any atom is 0.499 e. The molecule has 1 fully saturated rings. The lowest BCUT2D eigenvalue weighted by Gasteiger charge is -2.28. The van der Waals surface area contributed by atoms with Crippen molar-refractivity contribution in [2.24, 2.45) is 5.92 Å². The number of hydrogen-bond donors (Lipinski definition) is 5. The fourth-order valence-electron chi connectivity index (χ4n) is 2.70. The lowest BCUT2D eigenvalue weighted by atomic mass is 9.95. The Morgan fingerprint density at radius 3 is 2.76 bits per heavy atom. The van der Waals surface area contributed by atoms with Crippen LogP contribution in [0.2, 0.25) is 0 Å². The van der Waals surface area contributed by atoms with Gasteiger partial charge >= 0.3 is 11.7 Å². The normalized spacial score (nSPS) is 30.4. The summed E-state index contributed by atoms with van der Waals surface area (Å²) in [4.78, 5) is 26.7. The quantitative estimate of drug-likeness (QED) is 0.277. The largest absolute Gasteiger partial charge is 0.499 e. The number of nitrogens with two attached hydrogens (primary N) is 1. The van der Waals surface area contributed by atoms with Gasteiger partial charge in [-0.3, -0.25) is 0 Å². The number of nitrogen functional groups attached to an aromatic ring is 1. The number of quaternary nitrogens is 1. The molecule has 1 aromatic heterocycles. The van der Waals surface area contributed by atoms with E-state index in [1.165, 1.54) is 19.2 Å². The van der Waals surface area contributed by atoms with Crippen molar-refractivity contribution in [2.75, 3.05) is 12.3 Å².